The van der Waals surface area contributed by atoms with Crippen molar-refractivity contribution in [2.24, 2.45) is 11.3 Å². The summed E-state index contributed by atoms with van der Waals surface area (Å²) in [6.45, 7) is 1.23. The van der Waals surface area contributed by atoms with Crippen molar-refractivity contribution in [3.8, 4) is 11.8 Å². The molecular weight excluding hydrogens is 446 g/mol. The number of hydrogen-bond donors (Lipinski definition) is 4. The Balaban J connectivity index is 1.37. The molecule has 1 spiro atoms. The second kappa shape index (κ2) is 9.51. The van der Waals surface area contributed by atoms with E-state index in [0.29, 0.717) is 43.8 Å². The highest BCUT2D eigenvalue weighted by molar-refractivity contribution is 5.87. The largest absolute Gasteiger partial charge is 0.496 e. The summed E-state index contributed by atoms with van der Waals surface area (Å²) < 4.78 is 5.46. The Bertz CT molecular complexity index is 1150. The number of aliphatic hydroxyl groups excluding tert-OH is 1. The summed E-state index contributed by atoms with van der Waals surface area (Å²) in [5, 5.41) is 27.7. The maximum atomic E-state index is 13.5. The first-order valence-corrected chi connectivity index (χ1v) is 12.5. The predicted molar refractivity (Wildman–Crippen MR) is 129 cm³/mol. The minimum atomic E-state index is -0.996. The molecule has 1 aromatic heterocycles. The molecule has 2 aliphatic heterocycles. The minimum Gasteiger partial charge on any atom is -0.496 e. The van der Waals surface area contributed by atoms with E-state index in [-0.39, 0.29) is 23.1 Å². The molecule has 2 aromatic rings. The first-order chi connectivity index (χ1) is 16.9. The molecule has 5 rings (SSSR count). The van der Waals surface area contributed by atoms with E-state index in [2.05, 4.69) is 21.7 Å². The number of carbonyl (C=O) groups is 2. The Morgan fingerprint density at radius 1 is 1.40 bits per heavy atom. The van der Waals surface area contributed by atoms with Crippen LogP contribution in [-0.2, 0) is 9.59 Å². The number of aromatic amines is 1. The molecule has 9 heteroatoms. The first kappa shape index (κ1) is 23.6. The van der Waals surface area contributed by atoms with Gasteiger partial charge in [0, 0.05) is 29.9 Å². The quantitative estimate of drug-likeness (QED) is 0.482. The van der Waals surface area contributed by atoms with Crippen LogP contribution in [-0.4, -0.2) is 59.1 Å². The van der Waals surface area contributed by atoms with Gasteiger partial charge in [-0.05, 0) is 55.7 Å². The smallest absolute Gasteiger partial charge is 0.238 e. The molecule has 2 saturated heterocycles. The van der Waals surface area contributed by atoms with Gasteiger partial charge in [0.25, 0.3) is 0 Å². The second-order valence-corrected chi connectivity index (χ2v) is 10.3. The van der Waals surface area contributed by atoms with Crippen molar-refractivity contribution in [2.75, 3.05) is 20.2 Å². The third kappa shape index (κ3) is 4.48. The zero-order valence-electron chi connectivity index (χ0n) is 20.0. The zero-order valence-corrected chi connectivity index (χ0v) is 20.0. The monoisotopic (exact) mass is 479 g/mol. The minimum absolute atomic E-state index is 0.000169. The molecule has 186 valence electrons. The number of rotatable bonds is 7. The van der Waals surface area contributed by atoms with Crippen molar-refractivity contribution >= 4 is 22.7 Å². The van der Waals surface area contributed by atoms with E-state index in [0.717, 1.165) is 36.6 Å². The van der Waals surface area contributed by atoms with Gasteiger partial charge in [0.15, 0.2) is 0 Å². The fourth-order valence-corrected chi connectivity index (χ4v) is 6.29. The Morgan fingerprint density at radius 3 is 2.89 bits per heavy atom. The molecule has 9 nitrogen and oxygen atoms in total. The second-order valence-electron chi connectivity index (χ2n) is 10.3. The van der Waals surface area contributed by atoms with Crippen LogP contribution in [0.3, 0.4) is 0 Å². The zero-order chi connectivity index (χ0) is 24.6. The highest BCUT2D eigenvalue weighted by atomic mass is 16.5. The van der Waals surface area contributed by atoms with E-state index >= 15 is 0 Å². The summed E-state index contributed by atoms with van der Waals surface area (Å²) in [5.74, 6) is 0.142. The molecule has 1 unspecified atom stereocenters. The number of H-pyrrole nitrogens is 1. The van der Waals surface area contributed by atoms with Crippen molar-refractivity contribution in [3.05, 3.63) is 30.0 Å². The van der Waals surface area contributed by atoms with Gasteiger partial charge < -0.3 is 25.5 Å². The van der Waals surface area contributed by atoms with Crippen molar-refractivity contribution < 1.29 is 19.4 Å². The number of hydrogen-bond acceptors (Lipinski definition) is 6. The van der Waals surface area contributed by atoms with E-state index in [1.807, 2.05) is 29.2 Å². The van der Waals surface area contributed by atoms with Gasteiger partial charge >= 0.3 is 0 Å². The molecule has 0 radical (unpaired) electrons. The number of nitrogens with zero attached hydrogens (tertiary/aromatic N) is 2. The number of methoxy groups -OCH3 is 1. The van der Waals surface area contributed by atoms with Crippen LogP contribution in [0.25, 0.3) is 10.9 Å². The lowest BCUT2D eigenvalue weighted by Crippen LogP contribution is -2.48. The number of nitriles is 1. The Labute approximate surface area is 204 Å². The summed E-state index contributed by atoms with van der Waals surface area (Å²) in [6.07, 6.45) is 4.95. The number of ether oxygens (including phenoxy) is 1. The third-order valence-electron chi connectivity index (χ3n) is 8.12. The Kier molecular flexibility index (Phi) is 6.43. The summed E-state index contributed by atoms with van der Waals surface area (Å²) >= 11 is 0. The molecule has 4 atom stereocenters. The van der Waals surface area contributed by atoms with E-state index in [4.69, 9.17) is 4.74 Å². The summed E-state index contributed by atoms with van der Waals surface area (Å²) in [4.78, 5) is 30.6. The molecule has 3 aliphatic rings. The standard InChI is InChI=1S/C26H33N5O4/c1-35-22-6-4-5-19-18(22)12-20(30-19)25(34)31-15-26(8-2-3-9-26)13-21(31)24(33)29-17(14-27)11-16-7-10-28-23(16)32/h4-6,12,16-17,21,25,30,34H,2-3,7-11,13,15H2,1H3,(H,28,32)(H,29,33)/t16-,17-,21-,25?/m0/s1. The Hall–Kier alpha value is -3.09. The predicted octanol–water partition coefficient (Wildman–Crippen LogP) is 2.34. The maximum Gasteiger partial charge on any atom is 0.238 e. The number of aromatic nitrogens is 1. The molecule has 1 aromatic carbocycles. The van der Waals surface area contributed by atoms with Gasteiger partial charge in [-0.1, -0.05) is 18.9 Å². The average molecular weight is 480 g/mol. The molecule has 3 fully saturated rings. The van der Waals surface area contributed by atoms with Gasteiger partial charge in [-0.25, -0.2) is 0 Å². The van der Waals surface area contributed by atoms with Gasteiger partial charge in [0.05, 0.1) is 24.9 Å². The topological polar surface area (TPSA) is 130 Å². The van der Waals surface area contributed by atoms with Crippen LogP contribution >= 0.6 is 0 Å². The summed E-state index contributed by atoms with van der Waals surface area (Å²) in [7, 11) is 1.61. The van der Waals surface area contributed by atoms with Crippen LogP contribution in [0.15, 0.2) is 24.3 Å². The molecule has 2 amide bonds. The van der Waals surface area contributed by atoms with Crippen LogP contribution in [0.5, 0.6) is 5.75 Å². The Morgan fingerprint density at radius 2 is 2.20 bits per heavy atom. The summed E-state index contributed by atoms with van der Waals surface area (Å²) in [5.41, 5.74) is 1.46. The fourth-order valence-electron chi connectivity index (χ4n) is 6.29. The number of amides is 2. The van der Waals surface area contributed by atoms with Crippen LogP contribution in [0.2, 0.25) is 0 Å². The van der Waals surface area contributed by atoms with Crippen LogP contribution in [0, 0.1) is 22.7 Å². The third-order valence-corrected chi connectivity index (χ3v) is 8.12. The number of likely N-dealkylation sites (tertiary alicyclic amines) is 1. The highest BCUT2D eigenvalue weighted by Gasteiger charge is 2.50. The first-order valence-electron chi connectivity index (χ1n) is 12.5. The SMILES string of the molecule is COc1cccc2[nH]c(C(O)N3CC4(CCCC4)C[C@H]3C(=O)N[C@H](C#N)C[C@@H]3CCNC3=O)cc12. The van der Waals surface area contributed by atoms with E-state index in [9.17, 15) is 20.0 Å². The number of carbonyl (C=O) groups excluding carboxylic acids is 2. The lowest BCUT2D eigenvalue weighted by molar-refractivity contribution is -0.130. The van der Waals surface area contributed by atoms with Crippen molar-refractivity contribution in [1.82, 2.24) is 20.5 Å². The van der Waals surface area contributed by atoms with E-state index < -0.39 is 18.3 Å². The van der Waals surface area contributed by atoms with Crippen molar-refractivity contribution in [3.63, 3.8) is 0 Å². The van der Waals surface area contributed by atoms with Crippen LogP contribution in [0.4, 0.5) is 0 Å². The van der Waals surface area contributed by atoms with Gasteiger partial charge in [0.2, 0.25) is 11.8 Å². The lowest BCUT2D eigenvalue weighted by atomic mass is 9.84. The normalized spacial score (nSPS) is 25.5. The van der Waals surface area contributed by atoms with Gasteiger partial charge in [0.1, 0.15) is 18.0 Å². The maximum absolute atomic E-state index is 13.5. The number of nitrogens with one attached hydrogen (secondary N) is 3. The molecule has 35 heavy (non-hydrogen) atoms. The number of fused-ring (bicyclic) bond motifs is 1. The van der Waals surface area contributed by atoms with Crippen molar-refractivity contribution in [1.29, 1.82) is 5.26 Å². The van der Waals surface area contributed by atoms with Crippen molar-refractivity contribution in [2.45, 2.75) is 63.3 Å². The lowest BCUT2D eigenvalue weighted by Gasteiger charge is -2.29. The van der Waals surface area contributed by atoms with Gasteiger partial charge in [-0.15, -0.1) is 0 Å². The highest BCUT2D eigenvalue weighted by Crippen LogP contribution is 2.49. The number of benzene rings is 1. The van der Waals surface area contributed by atoms with Gasteiger partial charge in [-0.3, -0.25) is 14.5 Å². The molecule has 3 heterocycles. The molecular formula is C26H33N5O4. The average Bonchev–Trinajstić information content (AvgIpc) is 3.65. The van der Waals surface area contributed by atoms with E-state index in [1.165, 1.54) is 0 Å². The molecule has 4 N–H and O–H groups in total. The molecule has 1 aliphatic carbocycles. The molecule has 0 bridgehead atoms. The molecule has 1 saturated carbocycles. The van der Waals surface area contributed by atoms with E-state index in [1.54, 1.807) is 7.11 Å². The van der Waals surface area contributed by atoms with Crippen LogP contribution in [0.1, 0.15) is 56.9 Å². The van der Waals surface area contributed by atoms with Crippen LogP contribution < -0.4 is 15.4 Å². The van der Waals surface area contributed by atoms with Gasteiger partial charge in [-0.2, -0.15) is 5.26 Å². The number of aliphatic hydroxyl groups is 1. The summed E-state index contributed by atoms with van der Waals surface area (Å²) in [6, 6.07) is 8.43. The fraction of sp³-hybridized carbons (Fsp3) is 0.577.